The van der Waals surface area contributed by atoms with Crippen LogP contribution in [-0.4, -0.2) is 28.1 Å². The van der Waals surface area contributed by atoms with Gasteiger partial charge in [-0.15, -0.1) is 0 Å². The number of fused-ring (bicyclic) bond motifs is 5. The molecule has 0 aromatic heterocycles. The Hall–Kier alpha value is -0.900. The summed E-state index contributed by atoms with van der Waals surface area (Å²) in [4.78, 5) is 25.0. The van der Waals surface area contributed by atoms with Gasteiger partial charge < -0.3 is 10.2 Å². The predicted molar refractivity (Wildman–Crippen MR) is 117 cm³/mol. The van der Waals surface area contributed by atoms with E-state index in [0.717, 1.165) is 51.4 Å². The van der Waals surface area contributed by atoms with Crippen LogP contribution in [0.4, 0.5) is 0 Å². The number of carbonyl (C=O) groups is 2. The van der Waals surface area contributed by atoms with Crippen molar-refractivity contribution in [2.24, 2.45) is 52.3 Å². The molecule has 0 radical (unpaired) electrons. The van der Waals surface area contributed by atoms with E-state index in [-0.39, 0.29) is 35.2 Å². The fraction of sp³-hybridized carbons (Fsp3) is 0.923. The molecule has 10 atom stereocenters. The fourth-order valence-corrected chi connectivity index (χ4v) is 9.16. The standard InChI is InChI=1S/C26H42O4/c1-5-17-21-14-16(27)10-12-26(21,4)20-11-13-25(3)18(15(2)6-9-22(28)29)7-8-19(25)23(20)24(17)30/h15-21,23,27H,5-14H2,1-4H3,(H,28,29)/t15-,16-,17-,18-,19+,20?,21?,23?,25?,26?/m1/s1. The monoisotopic (exact) mass is 418 g/mol. The molecule has 30 heavy (non-hydrogen) atoms. The van der Waals surface area contributed by atoms with Crippen molar-refractivity contribution >= 4 is 11.8 Å². The van der Waals surface area contributed by atoms with Crippen LogP contribution in [0.2, 0.25) is 0 Å². The van der Waals surface area contributed by atoms with Gasteiger partial charge in [-0.25, -0.2) is 0 Å². The van der Waals surface area contributed by atoms with Gasteiger partial charge in [0.1, 0.15) is 5.78 Å². The minimum Gasteiger partial charge on any atom is -0.481 e. The van der Waals surface area contributed by atoms with E-state index in [1.807, 2.05) is 0 Å². The van der Waals surface area contributed by atoms with Crippen LogP contribution in [0.25, 0.3) is 0 Å². The van der Waals surface area contributed by atoms with Crippen LogP contribution < -0.4 is 0 Å². The summed E-state index contributed by atoms with van der Waals surface area (Å²) < 4.78 is 0. The van der Waals surface area contributed by atoms with Gasteiger partial charge in [-0.05, 0) is 98.2 Å². The van der Waals surface area contributed by atoms with Gasteiger partial charge >= 0.3 is 5.97 Å². The molecular formula is C26H42O4. The van der Waals surface area contributed by atoms with Crippen molar-refractivity contribution < 1.29 is 19.8 Å². The van der Waals surface area contributed by atoms with Crippen molar-refractivity contribution in [2.45, 2.75) is 98.0 Å². The van der Waals surface area contributed by atoms with E-state index in [2.05, 4.69) is 27.7 Å². The molecule has 4 saturated carbocycles. The molecule has 5 unspecified atom stereocenters. The molecule has 4 rings (SSSR count). The summed E-state index contributed by atoms with van der Waals surface area (Å²) in [5, 5.41) is 19.5. The number of ketones is 1. The maximum absolute atomic E-state index is 13.9. The first-order valence-electron chi connectivity index (χ1n) is 12.6. The maximum atomic E-state index is 13.9. The number of aliphatic hydroxyl groups excluding tert-OH is 1. The van der Waals surface area contributed by atoms with Crippen LogP contribution in [0.15, 0.2) is 0 Å². The van der Waals surface area contributed by atoms with Gasteiger partial charge in [-0.1, -0.05) is 27.7 Å². The molecule has 0 aromatic rings. The number of aliphatic carboxylic acids is 1. The summed E-state index contributed by atoms with van der Waals surface area (Å²) in [5.41, 5.74) is 0.358. The third-order valence-corrected chi connectivity index (χ3v) is 10.7. The van der Waals surface area contributed by atoms with E-state index in [1.54, 1.807) is 0 Å². The Kier molecular flexibility index (Phi) is 5.87. The zero-order valence-electron chi connectivity index (χ0n) is 19.4. The molecular weight excluding hydrogens is 376 g/mol. The zero-order chi connectivity index (χ0) is 21.8. The summed E-state index contributed by atoms with van der Waals surface area (Å²) in [6.07, 6.45) is 9.01. The highest BCUT2D eigenvalue weighted by Gasteiger charge is 2.65. The van der Waals surface area contributed by atoms with Gasteiger partial charge in [0.05, 0.1) is 6.10 Å². The summed E-state index contributed by atoms with van der Waals surface area (Å²) in [5.74, 6) is 2.31. The van der Waals surface area contributed by atoms with Gasteiger partial charge in [0, 0.05) is 18.3 Å². The smallest absolute Gasteiger partial charge is 0.303 e. The molecule has 0 aliphatic heterocycles. The molecule has 2 N–H and O–H groups in total. The summed E-state index contributed by atoms with van der Waals surface area (Å²) >= 11 is 0. The Morgan fingerprint density at radius 3 is 2.40 bits per heavy atom. The molecule has 0 spiro atoms. The molecule has 4 aliphatic carbocycles. The lowest BCUT2D eigenvalue weighted by Gasteiger charge is -2.62. The first-order chi connectivity index (χ1) is 14.1. The largest absolute Gasteiger partial charge is 0.481 e. The van der Waals surface area contributed by atoms with Crippen molar-refractivity contribution in [3.8, 4) is 0 Å². The van der Waals surface area contributed by atoms with Gasteiger partial charge in [-0.2, -0.15) is 0 Å². The lowest BCUT2D eigenvalue weighted by atomic mass is 9.42. The number of carboxylic acid groups (broad SMARTS) is 1. The Labute approximate surface area is 182 Å². The summed E-state index contributed by atoms with van der Waals surface area (Å²) in [6, 6.07) is 0. The molecule has 4 heteroatoms. The molecule has 0 heterocycles. The Morgan fingerprint density at radius 1 is 1.07 bits per heavy atom. The first kappa shape index (κ1) is 22.3. The van der Waals surface area contributed by atoms with Crippen LogP contribution in [0, 0.1) is 52.3 Å². The van der Waals surface area contributed by atoms with Gasteiger partial charge in [-0.3, -0.25) is 9.59 Å². The molecule has 0 aromatic carbocycles. The van der Waals surface area contributed by atoms with Crippen molar-refractivity contribution in [3.05, 3.63) is 0 Å². The fourth-order valence-electron chi connectivity index (χ4n) is 9.16. The SMILES string of the molecule is CC[C@H]1C(=O)C2C(CCC3(C)[C@@H]([C@H](C)CCC(=O)O)CC[C@@H]23)C2(C)CC[C@@H](O)CC12. The highest BCUT2D eigenvalue weighted by molar-refractivity contribution is 5.86. The van der Waals surface area contributed by atoms with Gasteiger partial charge in [0.15, 0.2) is 0 Å². The molecule has 0 amide bonds. The molecule has 4 fully saturated rings. The Bertz CT molecular complexity index is 689. The van der Waals surface area contributed by atoms with Gasteiger partial charge in [0.2, 0.25) is 0 Å². The topological polar surface area (TPSA) is 74.6 Å². The molecule has 0 saturated heterocycles. The van der Waals surface area contributed by atoms with E-state index >= 15 is 0 Å². The van der Waals surface area contributed by atoms with E-state index in [1.165, 1.54) is 6.42 Å². The summed E-state index contributed by atoms with van der Waals surface area (Å²) in [7, 11) is 0. The van der Waals surface area contributed by atoms with Crippen LogP contribution in [0.1, 0.15) is 91.9 Å². The molecule has 4 aliphatic rings. The lowest BCUT2D eigenvalue weighted by Crippen LogP contribution is -2.60. The Balaban J connectivity index is 1.62. The van der Waals surface area contributed by atoms with Crippen molar-refractivity contribution in [3.63, 3.8) is 0 Å². The maximum Gasteiger partial charge on any atom is 0.303 e. The quantitative estimate of drug-likeness (QED) is 0.633. The van der Waals surface area contributed by atoms with E-state index < -0.39 is 5.97 Å². The second-order valence-electron chi connectivity index (χ2n) is 11.8. The second kappa shape index (κ2) is 7.90. The number of hydrogen-bond acceptors (Lipinski definition) is 3. The van der Waals surface area contributed by atoms with Crippen molar-refractivity contribution in [1.29, 1.82) is 0 Å². The van der Waals surface area contributed by atoms with E-state index in [9.17, 15) is 14.7 Å². The van der Waals surface area contributed by atoms with Crippen LogP contribution in [-0.2, 0) is 9.59 Å². The highest BCUT2D eigenvalue weighted by atomic mass is 16.4. The normalized spacial score (nSPS) is 49.1. The number of Topliss-reactive ketones (excluding diaryl/α,β-unsaturated/α-hetero) is 1. The lowest BCUT2D eigenvalue weighted by molar-refractivity contribution is -0.173. The van der Waals surface area contributed by atoms with Crippen molar-refractivity contribution in [1.82, 2.24) is 0 Å². The molecule has 170 valence electrons. The molecule has 0 bridgehead atoms. The second-order valence-corrected chi connectivity index (χ2v) is 11.8. The average Bonchev–Trinajstić information content (AvgIpc) is 3.05. The van der Waals surface area contributed by atoms with E-state index in [4.69, 9.17) is 5.11 Å². The van der Waals surface area contributed by atoms with Crippen LogP contribution in [0.3, 0.4) is 0 Å². The average molecular weight is 419 g/mol. The molecule has 4 nitrogen and oxygen atoms in total. The number of hydrogen-bond donors (Lipinski definition) is 2. The number of aliphatic hydroxyl groups is 1. The zero-order valence-corrected chi connectivity index (χ0v) is 19.4. The van der Waals surface area contributed by atoms with Gasteiger partial charge in [0.25, 0.3) is 0 Å². The van der Waals surface area contributed by atoms with Crippen LogP contribution in [0.5, 0.6) is 0 Å². The predicted octanol–water partition coefficient (Wildman–Crippen LogP) is 5.32. The summed E-state index contributed by atoms with van der Waals surface area (Å²) in [6.45, 7) is 9.28. The number of carbonyl (C=O) groups excluding carboxylic acids is 1. The third-order valence-electron chi connectivity index (χ3n) is 10.7. The number of carboxylic acids is 1. The highest BCUT2D eigenvalue weighted by Crippen LogP contribution is 2.68. The van der Waals surface area contributed by atoms with Crippen LogP contribution >= 0.6 is 0 Å². The minimum atomic E-state index is -0.697. The third kappa shape index (κ3) is 3.27. The minimum absolute atomic E-state index is 0.108. The Morgan fingerprint density at radius 2 is 1.73 bits per heavy atom. The first-order valence-corrected chi connectivity index (χ1v) is 12.6. The number of rotatable bonds is 5. The van der Waals surface area contributed by atoms with Crippen molar-refractivity contribution in [2.75, 3.05) is 0 Å². The van der Waals surface area contributed by atoms with E-state index in [0.29, 0.717) is 35.4 Å².